The maximum atomic E-state index is 11.6. The summed E-state index contributed by atoms with van der Waals surface area (Å²) in [4.78, 5) is 11.6. The van der Waals surface area contributed by atoms with Crippen molar-refractivity contribution in [3.05, 3.63) is 64.6 Å². The molecule has 0 amide bonds. The molecule has 5 nitrogen and oxygen atoms in total. The number of benzene rings is 2. The molecule has 6 heteroatoms. The van der Waals surface area contributed by atoms with Gasteiger partial charge in [-0.1, -0.05) is 46.3 Å². The zero-order chi connectivity index (χ0) is 15.5. The summed E-state index contributed by atoms with van der Waals surface area (Å²) >= 11 is 3.36. The summed E-state index contributed by atoms with van der Waals surface area (Å²) in [6.45, 7) is 0. The lowest BCUT2D eigenvalue weighted by Gasteiger charge is -2.05. The number of nitrogens with zero attached hydrogens (tertiary/aromatic N) is 1. The van der Waals surface area contributed by atoms with Crippen LogP contribution in [0.2, 0.25) is 0 Å². The van der Waals surface area contributed by atoms with Crippen LogP contribution in [-0.2, 0) is 0 Å². The van der Waals surface area contributed by atoms with E-state index < -0.39 is 5.97 Å². The number of halogens is 1. The van der Waals surface area contributed by atoms with E-state index in [0.29, 0.717) is 5.69 Å². The molecule has 0 unspecified atom stereocenters. The predicted octanol–water partition coefficient (Wildman–Crippen LogP) is 4.28. The Morgan fingerprint density at radius 1 is 1.09 bits per heavy atom. The molecule has 0 aliphatic carbocycles. The van der Waals surface area contributed by atoms with Crippen LogP contribution in [0.4, 0.5) is 11.5 Å². The van der Waals surface area contributed by atoms with Crippen molar-refractivity contribution in [2.75, 3.05) is 5.32 Å². The molecular weight excluding hydrogens is 346 g/mol. The van der Waals surface area contributed by atoms with E-state index in [0.717, 1.165) is 15.7 Å². The molecule has 3 aromatic rings. The van der Waals surface area contributed by atoms with Gasteiger partial charge in [0.25, 0.3) is 0 Å². The minimum atomic E-state index is -1.03. The Balaban J connectivity index is 2.00. The van der Waals surface area contributed by atoms with Crippen molar-refractivity contribution in [1.82, 2.24) is 10.2 Å². The second-order valence-corrected chi connectivity index (χ2v) is 5.54. The van der Waals surface area contributed by atoms with E-state index in [2.05, 4.69) is 31.4 Å². The lowest BCUT2D eigenvalue weighted by molar-refractivity contribution is 0.0699. The molecule has 2 aromatic carbocycles. The van der Waals surface area contributed by atoms with Gasteiger partial charge in [-0.15, -0.1) is 0 Å². The van der Waals surface area contributed by atoms with Crippen LogP contribution in [0.1, 0.15) is 10.4 Å². The number of nitrogens with one attached hydrogen (secondary N) is 2. The second-order valence-electron chi connectivity index (χ2n) is 4.63. The molecule has 0 atom stereocenters. The van der Waals surface area contributed by atoms with Crippen molar-refractivity contribution >= 4 is 33.4 Å². The van der Waals surface area contributed by atoms with E-state index in [-0.39, 0.29) is 11.4 Å². The number of carbonyl (C=O) groups is 1. The fraction of sp³-hybridized carbons (Fsp3) is 0. The van der Waals surface area contributed by atoms with Crippen molar-refractivity contribution in [2.24, 2.45) is 0 Å². The second kappa shape index (κ2) is 6.03. The summed E-state index contributed by atoms with van der Waals surface area (Å²) < 4.78 is 0.948. The molecule has 22 heavy (non-hydrogen) atoms. The highest BCUT2D eigenvalue weighted by Gasteiger charge is 2.21. The number of aromatic nitrogens is 2. The highest BCUT2D eigenvalue weighted by molar-refractivity contribution is 9.10. The largest absolute Gasteiger partial charge is 0.477 e. The summed E-state index contributed by atoms with van der Waals surface area (Å²) in [6.07, 6.45) is 0. The maximum absolute atomic E-state index is 11.6. The van der Waals surface area contributed by atoms with E-state index in [4.69, 9.17) is 0 Å². The number of aromatic amines is 1. The van der Waals surface area contributed by atoms with Gasteiger partial charge >= 0.3 is 5.97 Å². The average molecular weight is 358 g/mol. The summed E-state index contributed by atoms with van der Waals surface area (Å²) in [7, 11) is 0. The number of carboxylic acid groups (broad SMARTS) is 1. The lowest BCUT2D eigenvalue weighted by Crippen LogP contribution is -2.02. The number of hydrogen-bond acceptors (Lipinski definition) is 3. The van der Waals surface area contributed by atoms with Crippen molar-refractivity contribution in [1.29, 1.82) is 0 Å². The Kier molecular flexibility index (Phi) is 3.93. The predicted molar refractivity (Wildman–Crippen MR) is 88.4 cm³/mol. The van der Waals surface area contributed by atoms with E-state index >= 15 is 0 Å². The highest BCUT2D eigenvalue weighted by atomic mass is 79.9. The van der Waals surface area contributed by atoms with Crippen LogP contribution in [0.5, 0.6) is 0 Å². The molecule has 0 saturated carbocycles. The van der Waals surface area contributed by atoms with Gasteiger partial charge in [0.15, 0.2) is 5.82 Å². The van der Waals surface area contributed by atoms with Crippen LogP contribution in [0.25, 0.3) is 11.3 Å². The number of hydrogen-bond donors (Lipinski definition) is 3. The number of aromatic carboxylic acids is 1. The SMILES string of the molecule is O=C(O)c1c(Nc2ccc(Br)cc2)n[nH]c1-c1ccccc1. The smallest absolute Gasteiger partial charge is 0.341 e. The van der Waals surface area contributed by atoms with Crippen molar-refractivity contribution in [2.45, 2.75) is 0 Å². The number of rotatable bonds is 4. The first-order chi connectivity index (χ1) is 10.6. The fourth-order valence-corrected chi connectivity index (χ4v) is 2.39. The molecule has 1 heterocycles. The van der Waals surface area contributed by atoms with E-state index in [1.54, 1.807) is 0 Å². The van der Waals surface area contributed by atoms with Gasteiger partial charge in [-0.3, -0.25) is 5.10 Å². The Hall–Kier alpha value is -2.60. The minimum Gasteiger partial charge on any atom is -0.477 e. The van der Waals surface area contributed by atoms with Crippen LogP contribution < -0.4 is 5.32 Å². The Morgan fingerprint density at radius 2 is 1.77 bits per heavy atom. The van der Waals surface area contributed by atoms with Crippen LogP contribution >= 0.6 is 15.9 Å². The van der Waals surface area contributed by atoms with Gasteiger partial charge < -0.3 is 10.4 Å². The van der Waals surface area contributed by atoms with Gasteiger partial charge in [-0.05, 0) is 24.3 Å². The third kappa shape index (κ3) is 2.87. The topological polar surface area (TPSA) is 78.0 Å². The molecule has 0 spiro atoms. The first-order valence-corrected chi connectivity index (χ1v) is 7.34. The van der Waals surface area contributed by atoms with Crippen LogP contribution in [0.15, 0.2) is 59.1 Å². The summed E-state index contributed by atoms with van der Waals surface area (Å²) in [5.41, 5.74) is 2.13. The Morgan fingerprint density at radius 3 is 2.41 bits per heavy atom. The maximum Gasteiger partial charge on any atom is 0.341 e. The van der Waals surface area contributed by atoms with Gasteiger partial charge in [0.2, 0.25) is 0 Å². The average Bonchev–Trinajstić information content (AvgIpc) is 2.94. The van der Waals surface area contributed by atoms with Crippen LogP contribution in [0.3, 0.4) is 0 Å². The number of H-pyrrole nitrogens is 1. The minimum absolute atomic E-state index is 0.120. The Bertz CT molecular complexity index is 798. The van der Waals surface area contributed by atoms with E-state index in [1.807, 2.05) is 54.6 Å². The third-order valence-corrected chi connectivity index (χ3v) is 3.68. The molecule has 0 fully saturated rings. The molecule has 0 aliphatic heterocycles. The van der Waals surface area contributed by atoms with Gasteiger partial charge in [0, 0.05) is 15.7 Å². The van der Waals surface area contributed by atoms with Crippen LogP contribution in [0, 0.1) is 0 Å². The quantitative estimate of drug-likeness (QED) is 0.651. The zero-order valence-corrected chi connectivity index (χ0v) is 13.0. The molecule has 1 aromatic heterocycles. The standard InChI is InChI=1S/C16H12BrN3O2/c17-11-6-8-12(9-7-11)18-15-13(16(21)22)14(19-20-15)10-4-2-1-3-5-10/h1-9H,(H,21,22)(H2,18,19,20). The summed E-state index contributed by atoms with van der Waals surface area (Å²) in [6, 6.07) is 16.7. The normalized spacial score (nSPS) is 10.4. The molecular formula is C16H12BrN3O2. The molecule has 3 N–H and O–H groups in total. The molecule has 0 bridgehead atoms. The monoisotopic (exact) mass is 357 g/mol. The van der Waals surface area contributed by atoms with E-state index in [9.17, 15) is 9.90 Å². The van der Waals surface area contributed by atoms with Crippen molar-refractivity contribution in [3.63, 3.8) is 0 Å². The van der Waals surface area contributed by atoms with E-state index in [1.165, 1.54) is 0 Å². The Labute approximate surface area is 135 Å². The molecule has 0 aliphatic rings. The van der Waals surface area contributed by atoms with Crippen molar-refractivity contribution in [3.8, 4) is 11.3 Å². The summed E-state index contributed by atoms with van der Waals surface area (Å²) in [5, 5.41) is 19.4. The first kappa shape index (κ1) is 14.3. The fourth-order valence-electron chi connectivity index (χ4n) is 2.12. The van der Waals surface area contributed by atoms with Gasteiger partial charge in [-0.2, -0.15) is 5.10 Å². The van der Waals surface area contributed by atoms with Gasteiger partial charge in [-0.25, -0.2) is 4.79 Å². The number of carboxylic acids is 1. The molecule has 110 valence electrons. The highest BCUT2D eigenvalue weighted by Crippen LogP contribution is 2.29. The molecule has 0 radical (unpaired) electrons. The third-order valence-electron chi connectivity index (χ3n) is 3.15. The molecule has 0 saturated heterocycles. The van der Waals surface area contributed by atoms with Gasteiger partial charge in [0.1, 0.15) is 5.56 Å². The number of anilines is 2. The zero-order valence-electron chi connectivity index (χ0n) is 11.4. The molecule has 3 rings (SSSR count). The van der Waals surface area contributed by atoms with Crippen LogP contribution in [-0.4, -0.2) is 21.3 Å². The lowest BCUT2D eigenvalue weighted by atomic mass is 10.1. The van der Waals surface area contributed by atoms with Crippen molar-refractivity contribution < 1.29 is 9.90 Å². The summed E-state index contributed by atoms with van der Waals surface area (Å²) in [5.74, 6) is -0.749. The first-order valence-electron chi connectivity index (χ1n) is 6.55. The van der Waals surface area contributed by atoms with Gasteiger partial charge in [0.05, 0.1) is 5.69 Å².